The van der Waals surface area contributed by atoms with E-state index in [0.717, 1.165) is 16.8 Å². The molecule has 0 unspecified atom stereocenters. The summed E-state index contributed by atoms with van der Waals surface area (Å²) in [5, 5.41) is 9.49. The normalized spacial score (nSPS) is 10.7. The molecule has 0 spiro atoms. The Balaban J connectivity index is 1.70. The average molecular weight is 476 g/mol. The van der Waals surface area contributed by atoms with Crippen LogP contribution in [0.2, 0.25) is 0 Å². The van der Waals surface area contributed by atoms with E-state index in [1.165, 1.54) is 11.8 Å². The molecule has 1 heterocycles. The number of benzene rings is 3. The summed E-state index contributed by atoms with van der Waals surface area (Å²) in [5.41, 5.74) is 3.45. The number of ether oxygens (including phenoxy) is 3. The van der Waals surface area contributed by atoms with Gasteiger partial charge < -0.3 is 14.2 Å². The minimum Gasteiger partial charge on any atom is -0.497 e. The molecule has 1 aromatic heterocycles. The standard InChI is InChI=1S/C26H25N3O4S/c1-17-5-9-20(10-6-17)29-25(19-13-22(32-3)15-23(14-19)33-4)27-28-26(29)34-16-24(30)18-7-11-21(31-2)12-8-18/h5-15H,16H2,1-4H3. The van der Waals surface area contributed by atoms with Crippen LogP contribution >= 0.6 is 11.8 Å². The highest BCUT2D eigenvalue weighted by molar-refractivity contribution is 7.99. The minimum atomic E-state index is -0.00397. The van der Waals surface area contributed by atoms with Gasteiger partial charge in [0.25, 0.3) is 0 Å². The Bertz CT molecular complexity index is 1260. The SMILES string of the molecule is COc1ccc(C(=O)CSc2nnc(-c3cc(OC)cc(OC)c3)n2-c2ccc(C)cc2)cc1. The number of aromatic nitrogens is 3. The largest absolute Gasteiger partial charge is 0.497 e. The summed E-state index contributed by atoms with van der Waals surface area (Å²) >= 11 is 1.34. The van der Waals surface area contributed by atoms with E-state index in [1.54, 1.807) is 51.7 Å². The zero-order valence-electron chi connectivity index (χ0n) is 19.4. The van der Waals surface area contributed by atoms with Crippen LogP contribution in [0.25, 0.3) is 17.1 Å². The molecular formula is C26H25N3O4S. The van der Waals surface area contributed by atoms with Gasteiger partial charge in [0.2, 0.25) is 0 Å². The first-order valence-electron chi connectivity index (χ1n) is 10.6. The van der Waals surface area contributed by atoms with Crippen molar-refractivity contribution < 1.29 is 19.0 Å². The summed E-state index contributed by atoms with van der Waals surface area (Å²) in [7, 11) is 4.81. The van der Waals surface area contributed by atoms with Crippen LogP contribution in [0.15, 0.2) is 71.9 Å². The molecule has 0 atom stereocenters. The fourth-order valence-corrected chi connectivity index (χ4v) is 4.25. The van der Waals surface area contributed by atoms with E-state index in [-0.39, 0.29) is 11.5 Å². The monoisotopic (exact) mass is 475 g/mol. The third-order valence-corrected chi connectivity index (χ3v) is 6.21. The molecule has 3 aromatic carbocycles. The van der Waals surface area contributed by atoms with Gasteiger partial charge in [-0.2, -0.15) is 0 Å². The average Bonchev–Trinajstić information content (AvgIpc) is 3.31. The summed E-state index contributed by atoms with van der Waals surface area (Å²) in [6.45, 7) is 2.03. The maximum Gasteiger partial charge on any atom is 0.196 e. The Kier molecular flexibility index (Phi) is 7.18. The number of ketones is 1. The van der Waals surface area contributed by atoms with E-state index < -0.39 is 0 Å². The van der Waals surface area contributed by atoms with Gasteiger partial charge in [-0.15, -0.1) is 10.2 Å². The van der Waals surface area contributed by atoms with Crippen LogP contribution in [-0.4, -0.2) is 47.6 Å². The zero-order valence-corrected chi connectivity index (χ0v) is 20.3. The number of hydrogen-bond acceptors (Lipinski definition) is 7. The maximum atomic E-state index is 12.8. The maximum absolute atomic E-state index is 12.8. The molecule has 174 valence electrons. The van der Waals surface area contributed by atoms with Crippen molar-refractivity contribution in [3.63, 3.8) is 0 Å². The Labute approximate surface area is 202 Å². The Hall–Kier alpha value is -3.78. The minimum absolute atomic E-state index is 0.00397. The fourth-order valence-electron chi connectivity index (χ4n) is 3.40. The van der Waals surface area contributed by atoms with Crippen molar-refractivity contribution in [2.24, 2.45) is 0 Å². The third-order valence-electron chi connectivity index (χ3n) is 5.28. The first kappa shape index (κ1) is 23.4. The molecule has 0 fully saturated rings. The van der Waals surface area contributed by atoms with E-state index in [4.69, 9.17) is 14.2 Å². The molecule has 0 saturated heterocycles. The fraction of sp³-hybridized carbons (Fsp3) is 0.192. The number of carbonyl (C=O) groups is 1. The van der Waals surface area contributed by atoms with Crippen molar-refractivity contribution >= 4 is 17.5 Å². The zero-order chi connectivity index (χ0) is 24.1. The van der Waals surface area contributed by atoms with Gasteiger partial charge in [-0.05, 0) is 55.5 Å². The molecule has 0 aliphatic heterocycles. The van der Waals surface area contributed by atoms with Crippen molar-refractivity contribution in [2.75, 3.05) is 27.1 Å². The van der Waals surface area contributed by atoms with Crippen LogP contribution in [0.4, 0.5) is 0 Å². The molecule has 4 rings (SSSR count). The van der Waals surface area contributed by atoms with Gasteiger partial charge >= 0.3 is 0 Å². The lowest BCUT2D eigenvalue weighted by Crippen LogP contribution is -2.05. The second kappa shape index (κ2) is 10.4. The Morgan fingerprint density at radius 3 is 2.03 bits per heavy atom. The number of rotatable bonds is 9. The van der Waals surface area contributed by atoms with Crippen LogP contribution in [-0.2, 0) is 0 Å². The summed E-state index contributed by atoms with van der Waals surface area (Å²) in [5.74, 6) is 2.85. The molecule has 4 aromatic rings. The third kappa shape index (κ3) is 5.07. The number of carbonyl (C=O) groups excluding carboxylic acids is 1. The molecule has 0 radical (unpaired) electrons. The molecule has 0 aliphatic carbocycles. The van der Waals surface area contributed by atoms with E-state index in [2.05, 4.69) is 10.2 Å². The van der Waals surface area contributed by atoms with Crippen molar-refractivity contribution in [1.82, 2.24) is 14.8 Å². The van der Waals surface area contributed by atoms with E-state index >= 15 is 0 Å². The van der Waals surface area contributed by atoms with Crippen LogP contribution in [0.3, 0.4) is 0 Å². The highest BCUT2D eigenvalue weighted by atomic mass is 32.2. The van der Waals surface area contributed by atoms with Crippen LogP contribution in [0.1, 0.15) is 15.9 Å². The number of aryl methyl sites for hydroxylation is 1. The van der Waals surface area contributed by atoms with Crippen molar-refractivity contribution in [3.8, 4) is 34.3 Å². The highest BCUT2D eigenvalue weighted by Crippen LogP contribution is 2.33. The molecular weight excluding hydrogens is 450 g/mol. The summed E-state index contributed by atoms with van der Waals surface area (Å²) in [6, 6.07) is 20.7. The molecule has 0 bridgehead atoms. The van der Waals surface area contributed by atoms with E-state index in [1.807, 2.05) is 47.9 Å². The van der Waals surface area contributed by atoms with Crippen LogP contribution in [0, 0.1) is 6.92 Å². The molecule has 8 heteroatoms. The van der Waals surface area contributed by atoms with E-state index in [9.17, 15) is 4.79 Å². The molecule has 0 saturated carbocycles. The molecule has 0 aliphatic rings. The smallest absolute Gasteiger partial charge is 0.196 e. The Morgan fingerprint density at radius 1 is 0.824 bits per heavy atom. The number of methoxy groups -OCH3 is 3. The lowest BCUT2D eigenvalue weighted by molar-refractivity contribution is 0.102. The van der Waals surface area contributed by atoms with Crippen LogP contribution < -0.4 is 14.2 Å². The van der Waals surface area contributed by atoms with Gasteiger partial charge in [-0.1, -0.05) is 29.5 Å². The predicted molar refractivity (Wildman–Crippen MR) is 133 cm³/mol. The van der Waals surface area contributed by atoms with Crippen molar-refractivity contribution in [3.05, 3.63) is 77.9 Å². The van der Waals surface area contributed by atoms with Crippen LogP contribution in [0.5, 0.6) is 17.2 Å². The lowest BCUT2D eigenvalue weighted by atomic mass is 10.1. The number of Topliss-reactive ketones (excluding diaryl/α,β-unsaturated/α-hetero) is 1. The lowest BCUT2D eigenvalue weighted by Gasteiger charge is -2.12. The summed E-state index contributed by atoms with van der Waals surface area (Å²) < 4.78 is 18.0. The number of thioether (sulfide) groups is 1. The number of nitrogens with zero attached hydrogens (tertiary/aromatic N) is 3. The van der Waals surface area contributed by atoms with Gasteiger partial charge in [0.1, 0.15) is 17.2 Å². The molecule has 7 nitrogen and oxygen atoms in total. The first-order chi connectivity index (χ1) is 16.5. The number of hydrogen-bond donors (Lipinski definition) is 0. The topological polar surface area (TPSA) is 75.5 Å². The molecule has 0 N–H and O–H groups in total. The van der Waals surface area contributed by atoms with Gasteiger partial charge in [0, 0.05) is 22.9 Å². The quantitative estimate of drug-likeness (QED) is 0.242. The second-order valence-electron chi connectivity index (χ2n) is 7.52. The molecule has 34 heavy (non-hydrogen) atoms. The second-order valence-corrected chi connectivity index (χ2v) is 8.46. The summed E-state index contributed by atoms with van der Waals surface area (Å²) in [6.07, 6.45) is 0. The van der Waals surface area contributed by atoms with Crippen molar-refractivity contribution in [2.45, 2.75) is 12.1 Å². The predicted octanol–water partition coefficient (Wildman–Crippen LogP) is 5.24. The van der Waals surface area contributed by atoms with Crippen molar-refractivity contribution in [1.29, 1.82) is 0 Å². The van der Waals surface area contributed by atoms with Gasteiger partial charge in [0.05, 0.1) is 27.1 Å². The summed E-state index contributed by atoms with van der Waals surface area (Å²) in [4.78, 5) is 12.8. The van der Waals surface area contributed by atoms with Gasteiger partial charge in [-0.3, -0.25) is 9.36 Å². The van der Waals surface area contributed by atoms with Gasteiger partial charge in [0.15, 0.2) is 16.8 Å². The van der Waals surface area contributed by atoms with E-state index in [0.29, 0.717) is 33.8 Å². The first-order valence-corrected chi connectivity index (χ1v) is 11.6. The Morgan fingerprint density at radius 2 is 1.44 bits per heavy atom. The van der Waals surface area contributed by atoms with Gasteiger partial charge in [-0.25, -0.2) is 0 Å². The molecule has 0 amide bonds. The highest BCUT2D eigenvalue weighted by Gasteiger charge is 2.19.